The number of benzene rings is 1. The minimum atomic E-state index is -0.874. The number of carboxylic acids is 1. The molecule has 106 valence electrons. The van der Waals surface area contributed by atoms with E-state index in [0.717, 1.165) is 5.69 Å². The smallest absolute Gasteiger partial charge is 0.307 e. The van der Waals surface area contributed by atoms with Crippen LogP contribution in [-0.2, 0) is 29.2 Å². The first-order valence-corrected chi connectivity index (χ1v) is 6.00. The van der Waals surface area contributed by atoms with E-state index in [-0.39, 0.29) is 19.6 Å². The maximum absolute atomic E-state index is 10.6. The molecule has 2 N–H and O–H groups in total. The Morgan fingerprint density at radius 2 is 2.05 bits per heavy atom. The molecule has 0 bridgehead atoms. The van der Waals surface area contributed by atoms with E-state index >= 15 is 0 Å². The van der Waals surface area contributed by atoms with Crippen LogP contribution in [0.4, 0.5) is 0 Å². The van der Waals surface area contributed by atoms with Crippen molar-refractivity contribution in [1.29, 1.82) is 0 Å². The summed E-state index contributed by atoms with van der Waals surface area (Å²) in [6.45, 7) is 0.0650. The van der Waals surface area contributed by atoms with Gasteiger partial charge in [-0.3, -0.25) is 4.79 Å². The quantitative estimate of drug-likeness (QED) is 0.799. The third-order valence-corrected chi connectivity index (χ3v) is 2.81. The molecular weight excluding hydrogens is 262 g/mol. The van der Waals surface area contributed by atoms with Crippen LogP contribution in [0.15, 0.2) is 24.3 Å². The number of ether oxygens (including phenoxy) is 1. The van der Waals surface area contributed by atoms with Gasteiger partial charge in [0.1, 0.15) is 5.69 Å². The lowest BCUT2D eigenvalue weighted by Crippen LogP contribution is -2.06. The molecule has 2 rings (SSSR count). The second-order valence-electron chi connectivity index (χ2n) is 4.22. The molecule has 0 spiro atoms. The van der Waals surface area contributed by atoms with Gasteiger partial charge >= 0.3 is 5.97 Å². The number of hydrogen-bond donors (Lipinski definition) is 2. The van der Waals surface area contributed by atoms with Gasteiger partial charge in [-0.25, -0.2) is 4.68 Å². The summed E-state index contributed by atoms with van der Waals surface area (Å²) in [5.41, 5.74) is 2.57. The predicted octanol–water partition coefficient (Wildman–Crippen LogP) is 0.533. The van der Waals surface area contributed by atoms with Crippen LogP contribution in [0.5, 0.6) is 0 Å². The van der Waals surface area contributed by atoms with Crippen molar-refractivity contribution in [3.8, 4) is 5.69 Å². The third-order valence-electron chi connectivity index (χ3n) is 2.81. The van der Waals surface area contributed by atoms with Gasteiger partial charge in [-0.15, -0.1) is 5.10 Å². The van der Waals surface area contributed by atoms with Gasteiger partial charge in [0.2, 0.25) is 0 Å². The lowest BCUT2D eigenvalue weighted by molar-refractivity contribution is -0.136. The van der Waals surface area contributed by atoms with Gasteiger partial charge in [-0.05, 0) is 17.7 Å². The van der Waals surface area contributed by atoms with Crippen molar-refractivity contribution >= 4 is 5.97 Å². The summed E-state index contributed by atoms with van der Waals surface area (Å²) < 4.78 is 6.65. The first kappa shape index (κ1) is 14.2. The number of aromatic nitrogens is 3. The second-order valence-corrected chi connectivity index (χ2v) is 4.22. The Bertz CT molecular complexity index is 592. The van der Waals surface area contributed by atoms with Crippen LogP contribution in [0.1, 0.15) is 17.0 Å². The van der Waals surface area contributed by atoms with Gasteiger partial charge in [0.05, 0.1) is 31.0 Å². The van der Waals surface area contributed by atoms with E-state index in [1.165, 1.54) is 0 Å². The SMILES string of the molecule is COCc1c(CO)nnn1-c1ccc(CC(=O)O)cc1. The lowest BCUT2D eigenvalue weighted by Gasteiger charge is -2.07. The normalized spacial score (nSPS) is 10.7. The van der Waals surface area contributed by atoms with E-state index in [2.05, 4.69) is 10.3 Å². The highest BCUT2D eigenvalue weighted by Crippen LogP contribution is 2.15. The molecule has 0 unspecified atom stereocenters. The summed E-state index contributed by atoms with van der Waals surface area (Å²) in [5.74, 6) is -0.874. The Morgan fingerprint density at radius 3 is 2.60 bits per heavy atom. The van der Waals surface area contributed by atoms with Crippen LogP contribution in [-0.4, -0.2) is 38.3 Å². The topological polar surface area (TPSA) is 97.5 Å². The fourth-order valence-corrected chi connectivity index (χ4v) is 1.87. The van der Waals surface area contributed by atoms with E-state index in [4.69, 9.17) is 9.84 Å². The van der Waals surface area contributed by atoms with Crippen molar-refractivity contribution in [3.05, 3.63) is 41.2 Å². The minimum absolute atomic E-state index is 0.0234. The molecule has 0 aliphatic heterocycles. The molecule has 0 amide bonds. The van der Waals surface area contributed by atoms with Crippen molar-refractivity contribution in [2.45, 2.75) is 19.6 Å². The van der Waals surface area contributed by atoms with Crippen LogP contribution >= 0.6 is 0 Å². The molecule has 7 heteroatoms. The molecule has 7 nitrogen and oxygen atoms in total. The highest BCUT2D eigenvalue weighted by Gasteiger charge is 2.13. The molecule has 0 atom stereocenters. The van der Waals surface area contributed by atoms with Gasteiger partial charge in [-0.2, -0.15) is 0 Å². The zero-order chi connectivity index (χ0) is 14.5. The van der Waals surface area contributed by atoms with Crippen molar-refractivity contribution in [1.82, 2.24) is 15.0 Å². The molecule has 0 radical (unpaired) electrons. The second kappa shape index (κ2) is 6.27. The lowest BCUT2D eigenvalue weighted by atomic mass is 10.1. The zero-order valence-corrected chi connectivity index (χ0v) is 11.0. The van der Waals surface area contributed by atoms with Crippen molar-refractivity contribution in [3.63, 3.8) is 0 Å². The number of aliphatic hydroxyl groups is 1. The predicted molar refractivity (Wildman–Crippen MR) is 69.3 cm³/mol. The van der Waals surface area contributed by atoms with Crippen molar-refractivity contribution in [2.75, 3.05) is 7.11 Å². The van der Waals surface area contributed by atoms with E-state index in [1.807, 2.05) is 0 Å². The monoisotopic (exact) mass is 277 g/mol. The first-order valence-electron chi connectivity index (χ1n) is 6.00. The highest BCUT2D eigenvalue weighted by molar-refractivity contribution is 5.70. The average Bonchev–Trinajstić information content (AvgIpc) is 2.82. The van der Waals surface area contributed by atoms with Crippen molar-refractivity contribution in [2.24, 2.45) is 0 Å². The standard InChI is InChI=1S/C13H15N3O4/c1-20-8-12-11(7-17)14-15-16(12)10-4-2-9(3-5-10)6-13(18)19/h2-5,17H,6-8H2,1H3,(H,18,19). The van der Waals surface area contributed by atoms with E-state index in [9.17, 15) is 9.90 Å². The Labute approximate surface area is 115 Å². The molecule has 2 aromatic rings. The molecule has 0 aliphatic carbocycles. The molecular formula is C13H15N3O4. The average molecular weight is 277 g/mol. The fraction of sp³-hybridized carbons (Fsp3) is 0.308. The van der Waals surface area contributed by atoms with Crippen LogP contribution in [0.3, 0.4) is 0 Å². The maximum atomic E-state index is 10.6. The summed E-state index contributed by atoms with van der Waals surface area (Å²) in [7, 11) is 1.55. The van der Waals surface area contributed by atoms with E-state index in [1.54, 1.807) is 36.1 Å². The number of aliphatic hydroxyl groups excluding tert-OH is 1. The Kier molecular flexibility index (Phi) is 4.44. The molecule has 1 aromatic carbocycles. The van der Waals surface area contributed by atoms with Gasteiger partial charge in [-0.1, -0.05) is 17.3 Å². The van der Waals surface area contributed by atoms with E-state index < -0.39 is 5.97 Å². The van der Waals surface area contributed by atoms with Gasteiger partial charge < -0.3 is 14.9 Å². The summed E-state index contributed by atoms with van der Waals surface area (Å²) in [4.78, 5) is 10.6. The molecule has 1 heterocycles. The number of nitrogens with zero attached hydrogens (tertiary/aromatic N) is 3. The Morgan fingerprint density at radius 1 is 1.35 bits per heavy atom. The Balaban J connectivity index is 2.31. The number of methoxy groups -OCH3 is 1. The molecule has 0 fully saturated rings. The van der Waals surface area contributed by atoms with Crippen LogP contribution in [0.2, 0.25) is 0 Å². The number of hydrogen-bond acceptors (Lipinski definition) is 5. The summed E-state index contributed by atoms with van der Waals surface area (Å²) >= 11 is 0. The van der Waals surface area contributed by atoms with Crippen LogP contribution < -0.4 is 0 Å². The van der Waals surface area contributed by atoms with Gasteiger partial charge in [0, 0.05) is 7.11 Å². The minimum Gasteiger partial charge on any atom is -0.481 e. The van der Waals surface area contributed by atoms with E-state index in [0.29, 0.717) is 17.0 Å². The van der Waals surface area contributed by atoms with Gasteiger partial charge in [0.15, 0.2) is 0 Å². The molecule has 0 saturated heterocycles. The van der Waals surface area contributed by atoms with Gasteiger partial charge in [0.25, 0.3) is 0 Å². The third kappa shape index (κ3) is 3.01. The first-order chi connectivity index (χ1) is 9.65. The summed E-state index contributed by atoms with van der Waals surface area (Å²) in [5, 5.41) is 25.8. The van der Waals surface area contributed by atoms with Crippen LogP contribution in [0, 0.1) is 0 Å². The number of aliphatic carboxylic acids is 1. The molecule has 20 heavy (non-hydrogen) atoms. The maximum Gasteiger partial charge on any atom is 0.307 e. The molecule has 0 aliphatic rings. The highest BCUT2D eigenvalue weighted by atomic mass is 16.5. The Hall–Kier alpha value is -2.25. The fourth-order valence-electron chi connectivity index (χ4n) is 1.87. The van der Waals surface area contributed by atoms with Crippen LogP contribution in [0.25, 0.3) is 5.69 Å². The number of carboxylic acid groups (broad SMARTS) is 1. The van der Waals surface area contributed by atoms with Crippen molar-refractivity contribution < 1.29 is 19.7 Å². The summed E-state index contributed by atoms with van der Waals surface area (Å²) in [6, 6.07) is 6.96. The summed E-state index contributed by atoms with van der Waals surface area (Å²) in [6.07, 6.45) is -0.0234. The number of rotatable bonds is 6. The number of carbonyl (C=O) groups is 1. The largest absolute Gasteiger partial charge is 0.481 e. The zero-order valence-electron chi connectivity index (χ0n) is 11.0. The molecule has 1 aromatic heterocycles. The molecule has 0 saturated carbocycles.